The van der Waals surface area contributed by atoms with Gasteiger partial charge in [0, 0.05) is 29.5 Å². The van der Waals surface area contributed by atoms with Crippen LogP contribution < -0.4 is 4.90 Å². The van der Waals surface area contributed by atoms with Crippen molar-refractivity contribution in [2.45, 2.75) is 50.6 Å². The molecule has 1 aliphatic carbocycles. The first-order chi connectivity index (χ1) is 18.7. The molecule has 0 atom stereocenters. The summed E-state index contributed by atoms with van der Waals surface area (Å²) >= 11 is 0. The molecule has 1 saturated carbocycles. The third-order valence-corrected chi connectivity index (χ3v) is 7.92. The lowest BCUT2D eigenvalue weighted by atomic mass is 9.82. The highest BCUT2D eigenvalue weighted by Gasteiger charge is 2.41. The first kappa shape index (κ1) is 24.2. The van der Waals surface area contributed by atoms with Gasteiger partial charge in [-0.2, -0.15) is 0 Å². The number of hydrogen-bond acceptors (Lipinski definition) is 3. The van der Waals surface area contributed by atoms with E-state index in [0.717, 1.165) is 54.6 Å². The molecular formula is C34H32N2O2. The molecule has 2 aliphatic rings. The predicted molar refractivity (Wildman–Crippen MR) is 152 cm³/mol. The maximum absolute atomic E-state index is 14.7. The fraction of sp³-hybridized carbons (Fsp3) is 0.235. The summed E-state index contributed by atoms with van der Waals surface area (Å²) in [6.45, 7) is 0.699. The van der Waals surface area contributed by atoms with Gasteiger partial charge in [-0.05, 0) is 53.8 Å². The number of carbonyl (C=O) groups excluding carboxylic acids is 2. The molecule has 0 saturated heterocycles. The van der Waals surface area contributed by atoms with E-state index in [1.165, 1.54) is 5.56 Å². The van der Waals surface area contributed by atoms with Gasteiger partial charge in [0.15, 0.2) is 0 Å². The molecule has 4 aromatic carbocycles. The summed E-state index contributed by atoms with van der Waals surface area (Å²) in [7, 11) is 0. The number of rotatable bonds is 5. The van der Waals surface area contributed by atoms with Crippen molar-refractivity contribution in [3.05, 3.63) is 131 Å². The van der Waals surface area contributed by atoms with Crippen LogP contribution in [0.4, 0.5) is 11.4 Å². The second-order valence-corrected chi connectivity index (χ2v) is 10.3. The second-order valence-electron chi connectivity index (χ2n) is 10.3. The Labute approximate surface area is 224 Å². The van der Waals surface area contributed by atoms with E-state index in [1.807, 2.05) is 60.7 Å². The largest absolute Gasteiger partial charge is 0.336 e. The molecule has 4 nitrogen and oxygen atoms in total. The molecule has 4 heteroatoms. The molecule has 0 aromatic heterocycles. The molecule has 190 valence electrons. The summed E-state index contributed by atoms with van der Waals surface area (Å²) in [6, 6.07) is 35.9. The number of benzene rings is 4. The quantitative estimate of drug-likeness (QED) is 0.267. The average molecular weight is 501 g/mol. The molecule has 1 fully saturated rings. The lowest BCUT2D eigenvalue weighted by molar-refractivity contribution is -0.131. The number of carbonyl (C=O) groups is 2. The smallest absolute Gasteiger partial charge is 0.260 e. The highest BCUT2D eigenvalue weighted by atomic mass is 16.2. The number of hydrogen-bond donors (Lipinski definition) is 0. The first-order valence-corrected chi connectivity index (χ1v) is 13.6. The molecule has 0 bridgehead atoms. The average Bonchev–Trinajstić information content (AvgIpc) is 2.98. The summed E-state index contributed by atoms with van der Waals surface area (Å²) in [4.78, 5) is 32.6. The van der Waals surface area contributed by atoms with Gasteiger partial charge in [-0.25, -0.2) is 0 Å². The van der Waals surface area contributed by atoms with Crippen molar-refractivity contribution in [3.63, 3.8) is 0 Å². The van der Waals surface area contributed by atoms with Gasteiger partial charge < -0.3 is 4.90 Å². The molecule has 2 amide bonds. The number of nitrogens with zero attached hydrogens (tertiary/aromatic N) is 2. The van der Waals surface area contributed by atoms with E-state index >= 15 is 0 Å². The Bertz CT molecular complexity index is 1380. The van der Waals surface area contributed by atoms with Gasteiger partial charge in [0.2, 0.25) is 5.91 Å². The minimum absolute atomic E-state index is 0.0781. The minimum Gasteiger partial charge on any atom is -0.336 e. The molecule has 1 heterocycles. The van der Waals surface area contributed by atoms with Crippen LogP contribution in [0.5, 0.6) is 0 Å². The zero-order valence-corrected chi connectivity index (χ0v) is 21.5. The maximum atomic E-state index is 14.7. The molecular weight excluding hydrogens is 468 g/mol. The van der Waals surface area contributed by atoms with Crippen LogP contribution in [-0.4, -0.2) is 22.8 Å². The third-order valence-electron chi connectivity index (χ3n) is 7.92. The van der Waals surface area contributed by atoms with Crippen molar-refractivity contribution in [1.82, 2.24) is 4.90 Å². The molecule has 4 aromatic rings. The third kappa shape index (κ3) is 4.51. The van der Waals surface area contributed by atoms with Gasteiger partial charge in [-0.15, -0.1) is 0 Å². The number of anilines is 2. The van der Waals surface area contributed by atoms with E-state index in [-0.39, 0.29) is 17.9 Å². The number of imide groups is 1. The van der Waals surface area contributed by atoms with Gasteiger partial charge in [0.05, 0.1) is 5.92 Å². The summed E-state index contributed by atoms with van der Waals surface area (Å²) in [5.74, 6) is -0.849. The molecule has 0 spiro atoms. The van der Waals surface area contributed by atoms with Crippen LogP contribution >= 0.6 is 0 Å². The summed E-state index contributed by atoms with van der Waals surface area (Å²) in [5, 5.41) is 0. The van der Waals surface area contributed by atoms with E-state index in [2.05, 4.69) is 53.4 Å². The second kappa shape index (κ2) is 10.7. The summed E-state index contributed by atoms with van der Waals surface area (Å²) < 4.78 is 0. The van der Waals surface area contributed by atoms with Crippen molar-refractivity contribution in [2.75, 3.05) is 4.90 Å². The normalized spacial score (nSPS) is 15.4. The summed E-state index contributed by atoms with van der Waals surface area (Å²) in [6.07, 6.45) is 4.96. The van der Waals surface area contributed by atoms with Crippen molar-refractivity contribution < 1.29 is 9.59 Å². The van der Waals surface area contributed by atoms with Crippen LogP contribution in [0.15, 0.2) is 109 Å². The van der Waals surface area contributed by atoms with E-state index in [0.29, 0.717) is 12.1 Å². The van der Waals surface area contributed by atoms with Gasteiger partial charge in [0.1, 0.15) is 0 Å². The van der Waals surface area contributed by atoms with Crippen molar-refractivity contribution in [1.29, 1.82) is 0 Å². The maximum Gasteiger partial charge on any atom is 0.260 e. The SMILES string of the molecule is O=C(c1ccccc1)N(C(=O)C1c2ccccc2N(Cc2ccccc2)c2ccccc21)C1CCCCC1. The van der Waals surface area contributed by atoms with Crippen molar-refractivity contribution >= 4 is 23.2 Å². The van der Waals surface area contributed by atoms with Gasteiger partial charge in [-0.3, -0.25) is 14.5 Å². The first-order valence-electron chi connectivity index (χ1n) is 13.6. The molecule has 0 N–H and O–H groups in total. The molecule has 0 radical (unpaired) electrons. The monoisotopic (exact) mass is 500 g/mol. The van der Waals surface area contributed by atoms with Crippen LogP contribution in [0.3, 0.4) is 0 Å². The summed E-state index contributed by atoms with van der Waals surface area (Å²) in [5.41, 5.74) is 5.70. The highest BCUT2D eigenvalue weighted by molar-refractivity contribution is 6.09. The number of amides is 2. The van der Waals surface area contributed by atoms with Gasteiger partial charge in [0.25, 0.3) is 5.91 Å². The zero-order chi connectivity index (χ0) is 25.9. The Balaban J connectivity index is 1.45. The van der Waals surface area contributed by atoms with E-state index in [9.17, 15) is 9.59 Å². The van der Waals surface area contributed by atoms with Gasteiger partial charge >= 0.3 is 0 Å². The molecule has 6 rings (SSSR count). The van der Waals surface area contributed by atoms with E-state index in [4.69, 9.17) is 0 Å². The Hall–Kier alpha value is -4.18. The van der Waals surface area contributed by atoms with Crippen LogP contribution in [0.1, 0.15) is 65.1 Å². The number of fused-ring (bicyclic) bond motifs is 2. The van der Waals surface area contributed by atoms with Crippen molar-refractivity contribution in [2.24, 2.45) is 0 Å². The number of para-hydroxylation sites is 2. The van der Waals surface area contributed by atoms with Gasteiger partial charge in [-0.1, -0.05) is 104 Å². The van der Waals surface area contributed by atoms with E-state index in [1.54, 1.807) is 4.90 Å². The minimum atomic E-state index is -0.538. The van der Waals surface area contributed by atoms with Crippen LogP contribution in [0.2, 0.25) is 0 Å². The lowest BCUT2D eigenvalue weighted by Gasteiger charge is -2.40. The van der Waals surface area contributed by atoms with E-state index < -0.39 is 5.92 Å². The standard InChI is InChI=1S/C34H32N2O2/c37-33(26-16-6-2-7-17-26)36(27-18-8-3-9-19-27)34(38)32-28-20-10-12-22-30(28)35(24-25-14-4-1-5-15-25)31-23-13-11-21-29(31)32/h1-2,4-7,10-17,20-23,27,32H,3,8-9,18-19,24H2. The fourth-order valence-electron chi connectivity index (χ4n) is 6.10. The molecule has 38 heavy (non-hydrogen) atoms. The Morgan fingerprint density at radius 3 is 1.79 bits per heavy atom. The Morgan fingerprint density at radius 1 is 0.658 bits per heavy atom. The predicted octanol–water partition coefficient (Wildman–Crippen LogP) is 7.47. The molecule has 1 aliphatic heterocycles. The topological polar surface area (TPSA) is 40.6 Å². The highest BCUT2D eigenvalue weighted by Crippen LogP contribution is 2.47. The Morgan fingerprint density at radius 2 is 1.18 bits per heavy atom. The van der Waals surface area contributed by atoms with Crippen LogP contribution in [0, 0.1) is 0 Å². The fourth-order valence-corrected chi connectivity index (χ4v) is 6.10. The zero-order valence-electron chi connectivity index (χ0n) is 21.5. The van der Waals surface area contributed by atoms with Crippen molar-refractivity contribution in [3.8, 4) is 0 Å². The van der Waals surface area contributed by atoms with Crippen LogP contribution in [-0.2, 0) is 11.3 Å². The molecule has 0 unspecified atom stereocenters. The van der Waals surface area contributed by atoms with Crippen LogP contribution in [0.25, 0.3) is 0 Å². The Kier molecular flexibility index (Phi) is 6.78. The lowest BCUT2D eigenvalue weighted by Crippen LogP contribution is -2.48.